The number of aryl methyl sites for hydroxylation is 4. The molecular weight excluding hydrogens is 428 g/mol. The van der Waals surface area contributed by atoms with E-state index >= 15 is 0 Å². The Hall–Kier alpha value is -3.93. The molecule has 176 valence electrons. The number of esters is 1. The van der Waals surface area contributed by atoms with E-state index in [2.05, 4.69) is 10.6 Å². The summed E-state index contributed by atoms with van der Waals surface area (Å²) < 4.78 is 5.40. The third-order valence-electron chi connectivity index (χ3n) is 5.58. The first-order valence-corrected chi connectivity index (χ1v) is 11.3. The van der Waals surface area contributed by atoms with Gasteiger partial charge in [0, 0.05) is 5.69 Å². The number of amides is 2. The quantitative estimate of drug-likeness (QED) is 0.466. The summed E-state index contributed by atoms with van der Waals surface area (Å²) >= 11 is 0. The lowest BCUT2D eigenvalue weighted by Crippen LogP contribution is -2.40. The number of carbonyl (C=O) groups excluding carboxylic acids is 3. The minimum atomic E-state index is -1.04. The van der Waals surface area contributed by atoms with Gasteiger partial charge >= 0.3 is 5.97 Å². The molecular formula is C28H30N2O4. The van der Waals surface area contributed by atoms with Gasteiger partial charge in [-0.05, 0) is 61.9 Å². The van der Waals surface area contributed by atoms with E-state index in [0.717, 1.165) is 28.8 Å². The van der Waals surface area contributed by atoms with Crippen LogP contribution in [0.2, 0.25) is 0 Å². The second-order valence-electron chi connectivity index (χ2n) is 8.22. The maximum absolute atomic E-state index is 12.8. The van der Waals surface area contributed by atoms with Gasteiger partial charge in [0.05, 0.1) is 12.1 Å². The van der Waals surface area contributed by atoms with Gasteiger partial charge in [-0.1, -0.05) is 66.7 Å². The van der Waals surface area contributed by atoms with E-state index in [-0.39, 0.29) is 12.5 Å². The minimum absolute atomic E-state index is 0.220. The molecule has 0 bridgehead atoms. The Morgan fingerprint density at radius 1 is 0.824 bits per heavy atom. The maximum Gasteiger partial charge on any atom is 0.339 e. The predicted molar refractivity (Wildman–Crippen MR) is 133 cm³/mol. The van der Waals surface area contributed by atoms with Crippen molar-refractivity contribution in [2.45, 2.75) is 39.7 Å². The van der Waals surface area contributed by atoms with Crippen molar-refractivity contribution in [1.29, 1.82) is 0 Å². The summed E-state index contributed by atoms with van der Waals surface area (Å²) in [5.74, 6) is -1.45. The highest BCUT2D eigenvalue weighted by Gasteiger charge is 2.21. The molecule has 3 rings (SSSR count). The van der Waals surface area contributed by atoms with Gasteiger partial charge in [-0.25, -0.2) is 4.79 Å². The zero-order valence-corrected chi connectivity index (χ0v) is 19.8. The monoisotopic (exact) mass is 458 g/mol. The van der Waals surface area contributed by atoms with Gasteiger partial charge in [0.25, 0.3) is 5.91 Å². The molecule has 2 N–H and O–H groups in total. The van der Waals surface area contributed by atoms with E-state index in [4.69, 9.17) is 4.74 Å². The Labute approximate surface area is 200 Å². The number of ether oxygens (including phenoxy) is 1. The summed E-state index contributed by atoms with van der Waals surface area (Å²) in [5, 5.41) is 5.34. The first kappa shape index (κ1) is 24.7. The van der Waals surface area contributed by atoms with Crippen molar-refractivity contribution >= 4 is 23.5 Å². The van der Waals surface area contributed by atoms with Crippen LogP contribution in [-0.4, -0.2) is 30.4 Å². The van der Waals surface area contributed by atoms with Crippen LogP contribution in [0, 0.1) is 13.8 Å². The number of para-hydroxylation sites is 1. The number of hydrogen-bond donors (Lipinski definition) is 2. The Morgan fingerprint density at radius 2 is 1.47 bits per heavy atom. The van der Waals surface area contributed by atoms with E-state index in [1.165, 1.54) is 12.5 Å². The zero-order chi connectivity index (χ0) is 24.5. The SMILES string of the molecule is Cc1cccc(C)c1NC(=O)CNC(=O)C(C)OC(=O)c1ccccc1CCc1ccccc1. The van der Waals surface area contributed by atoms with Crippen molar-refractivity contribution in [2.24, 2.45) is 0 Å². The van der Waals surface area contributed by atoms with Crippen molar-refractivity contribution in [3.05, 3.63) is 101 Å². The van der Waals surface area contributed by atoms with Crippen LogP contribution in [0.1, 0.15) is 39.5 Å². The van der Waals surface area contributed by atoms with Gasteiger partial charge in [-0.2, -0.15) is 0 Å². The average Bonchev–Trinajstić information content (AvgIpc) is 2.84. The number of carbonyl (C=O) groups is 3. The van der Waals surface area contributed by atoms with Crippen molar-refractivity contribution in [3.8, 4) is 0 Å². The second-order valence-corrected chi connectivity index (χ2v) is 8.22. The van der Waals surface area contributed by atoms with E-state index < -0.39 is 18.0 Å². The summed E-state index contributed by atoms with van der Waals surface area (Å²) in [6, 6.07) is 23.0. The lowest BCUT2D eigenvalue weighted by Gasteiger charge is -2.16. The fourth-order valence-electron chi connectivity index (χ4n) is 3.65. The molecule has 6 heteroatoms. The molecule has 3 aromatic rings. The lowest BCUT2D eigenvalue weighted by atomic mass is 10.00. The molecule has 6 nitrogen and oxygen atoms in total. The van der Waals surface area contributed by atoms with Crippen molar-refractivity contribution in [1.82, 2.24) is 5.32 Å². The summed E-state index contributed by atoms with van der Waals surface area (Å²) in [4.78, 5) is 37.5. The smallest absolute Gasteiger partial charge is 0.339 e. The summed E-state index contributed by atoms with van der Waals surface area (Å²) in [6.45, 7) is 5.08. The Kier molecular flexibility index (Phi) is 8.57. The molecule has 2 amide bonds. The number of benzene rings is 3. The summed E-state index contributed by atoms with van der Waals surface area (Å²) in [5.41, 5.74) is 5.08. The Balaban J connectivity index is 1.53. The van der Waals surface area contributed by atoms with Crippen LogP contribution in [0.25, 0.3) is 0 Å². The molecule has 0 spiro atoms. The fraction of sp³-hybridized carbons (Fsp3) is 0.250. The van der Waals surface area contributed by atoms with Gasteiger partial charge in [0.15, 0.2) is 6.10 Å². The molecule has 0 aliphatic carbocycles. The molecule has 1 unspecified atom stereocenters. The summed E-state index contributed by atoms with van der Waals surface area (Å²) in [6.07, 6.45) is 0.424. The van der Waals surface area contributed by atoms with Crippen molar-refractivity contribution < 1.29 is 19.1 Å². The van der Waals surface area contributed by atoms with Crippen LogP contribution in [-0.2, 0) is 27.2 Å². The van der Waals surface area contributed by atoms with E-state index in [9.17, 15) is 14.4 Å². The molecule has 0 saturated heterocycles. The molecule has 0 aromatic heterocycles. The zero-order valence-electron chi connectivity index (χ0n) is 19.8. The molecule has 0 aliphatic heterocycles. The van der Waals surface area contributed by atoms with Gasteiger partial charge in [0.2, 0.25) is 5.91 Å². The first-order chi connectivity index (χ1) is 16.3. The largest absolute Gasteiger partial charge is 0.449 e. The highest BCUT2D eigenvalue weighted by molar-refractivity contribution is 5.97. The van der Waals surface area contributed by atoms with Crippen LogP contribution < -0.4 is 10.6 Å². The Bertz CT molecular complexity index is 1140. The van der Waals surface area contributed by atoms with Gasteiger partial charge in [0.1, 0.15) is 0 Å². The first-order valence-electron chi connectivity index (χ1n) is 11.3. The molecule has 1 atom stereocenters. The number of nitrogens with one attached hydrogen (secondary N) is 2. The third kappa shape index (κ3) is 6.78. The fourth-order valence-corrected chi connectivity index (χ4v) is 3.65. The van der Waals surface area contributed by atoms with Crippen LogP contribution >= 0.6 is 0 Å². The van der Waals surface area contributed by atoms with E-state index in [1.54, 1.807) is 12.1 Å². The van der Waals surface area contributed by atoms with E-state index in [1.807, 2.05) is 74.5 Å². The van der Waals surface area contributed by atoms with Gasteiger partial charge < -0.3 is 15.4 Å². The molecule has 0 heterocycles. The van der Waals surface area contributed by atoms with Crippen LogP contribution in [0.3, 0.4) is 0 Å². The minimum Gasteiger partial charge on any atom is -0.449 e. The number of anilines is 1. The highest BCUT2D eigenvalue weighted by atomic mass is 16.5. The third-order valence-corrected chi connectivity index (χ3v) is 5.58. The maximum atomic E-state index is 12.8. The topological polar surface area (TPSA) is 84.5 Å². The van der Waals surface area contributed by atoms with Crippen molar-refractivity contribution in [2.75, 3.05) is 11.9 Å². The molecule has 0 aliphatic rings. The van der Waals surface area contributed by atoms with Crippen LogP contribution in [0.4, 0.5) is 5.69 Å². The average molecular weight is 459 g/mol. The molecule has 3 aromatic carbocycles. The van der Waals surface area contributed by atoms with Crippen LogP contribution in [0.5, 0.6) is 0 Å². The van der Waals surface area contributed by atoms with E-state index in [0.29, 0.717) is 12.0 Å². The highest BCUT2D eigenvalue weighted by Crippen LogP contribution is 2.19. The molecule has 0 saturated carbocycles. The normalized spacial score (nSPS) is 11.4. The summed E-state index contributed by atoms with van der Waals surface area (Å²) in [7, 11) is 0. The second kappa shape index (κ2) is 11.8. The van der Waals surface area contributed by atoms with Gasteiger partial charge in [-0.3, -0.25) is 9.59 Å². The van der Waals surface area contributed by atoms with Gasteiger partial charge in [-0.15, -0.1) is 0 Å². The standard InChI is InChI=1S/C28H30N2O4/c1-19-10-9-11-20(2)26(19)30-25(31)18-29-27(32)21(3)34-28(33)24-15-8-7-14-23(24)17-16-22-12-5-4-6-13-22/h4-15,21H,16-18H2,1-3H3,(H,29,32)(H,30,31). The molecule has 34 heavy (non-hydrogen) atoms. The lowest BCUT2D eigenvalue weighted by molar-refractivity contribution is -0.130. The molecule has 0 radical (unpaired) electrons. The Morgan fingerprint density at radius 3 is 2.18 bits per heavy atom. The predicted octanol–water partition coefficient (Wildman–Crippen LogP) is 4.39. The van der Waals surface area contributed by atoms with Crippen LogP contribution in [0.15, 0.2) is 72.8 Å². The molecule has 0 fully saturated rings. The number of hydrogen-bond acceptors (Lipinski definition) is 4. The van der Waals surface area contributed by atoms with Crippen molar-refractivity contribution in [3.63, 3.8) is 0 Å². The number of rotatable bonds is 9.